The molecule has 1 aromatic carbocycles. The van der Waals surface area contributed by atoms with Crippen molar-refractivity contribution in [1.82, 2.24) is 9.97 Å². The van der Waals surface area contributed by atoms with Gasteiger partial charge in [0.1, 0.15) is 5.82 Å². The highest BCUT2D eigenvalue weighted by Gasteiger charge is 2.08. The molecule has 2 rings (SSSR count). The Hall–Kier alpha value is -1.88. The van der Waals surface area contributed by atoms with Gasteiger partial charge >= 0.3 is 0 Å². The van der Waals surface area contributed by atoms with Gasteiger partial charge in [0.25, 0.3) is 5.88 Å². The minimum atomic E-state index is -0.440. The van der Waals surface area contributed by atoms with Crippen LogP contribution in [0, 0.1) is 5.82 Å². The first kappa shape index (κ1) is 11.6. The lowest BCUT2D eigenvalue weighted by Gasteiger charge is -2.06. The molecule has 0 fully saturated rings. The summed E-state index contributed by atoms with van der Waals surface area (Å²) in [6, 6.07) is 4.11. The fourth-order valence-corrected chi connectivity index (χ4v) is 1.59. The highest BCUT2D eigenvalue weighted by Crippen LogP contribution is 2.25. The van der Waals surface area contributed by atoms with E-state index in [4.69, 9.17) is 22.1 Å². The van der Waals surface area contributed by atoms with Crippen LogP contribution in [-0.2, 0) is 0 Å². The van der Waals surface area contributed by atoms with E-state index in [1.54, 1.807) is 6.07 Å². The SMILES string of the molecule is COc1nc(-c2cc(F)cc(Cl)c2)cnc1N. The zero-order valence-electron chi connectivity index (χ0n) is 8.95. The van der Waals surface area contributed by atoms with Gasteiger partial charge in [-0.05, 0) is 18.2 Å². The normalized spacial score (nSPS) is 10.3. The van der Waals surface area contributed by atoms with Crippen LogP contribution in [0.2, 0.25) is 5.02 Å². The quantitative estimate of drug-likeness (QED) is 0.893. The average molecular weight is 254 g/mol. The fourth-order valence-electron chi connectivity index (χ4n) is 1.37. The monoisotopic (exact) mass is 253 g/mol. The summed E-state index contributed by atoms with van der Waals surface area (Å²) in [5.74, 6) is -0.0632. The van der Waals surface area contributed by atoms with Crippen LogP contribution in [0.25, 0.3) is 11.3 Å². The molecule has 2 N–H and O–H groups in total. The fraction of sp³-hybridized carbons (Fsp3) is 0.0909. The van der Waals surface area contributed by atoms with E-state index in [2.05, 4.69) is 9.97 Å². The van der Waals surface area contributed by atoms with E-state index in [1.165, 1.54) is 25.4 Å². The van der Waals surface area contributed by atoms with Gasteiger partial charge in [0.15, 0.2) is 5.82 Å². The van der Waals surface area contributed by atoms with Crippen molar-refractivity contribution in [2.45, 2.75) is 0 Å². The van der Waals surface area contributed by atoms with Crippen LogP contribution >= 0.6 is 11.6 Å². The number of nitrogen functional groups attached to an aromatic ring is 1. The van der Waals surface area contributed by atoms with Crippen molar-refractivity contribution in [2.75, 3.05) is 12.8 Å². The van der Waals surface area contributed by atoms with Crippen LogP contribution in [0.3, 0.4) is 0 Å². The summed E-state index contributed by atoms with van der Waals surface area (Å²) in [6.45, 7) is 0. The zero-order valence-corrected chi connectivity index (χ0v) is 9.70. The van der Waals surface area contributed by atoms with Crippen molar-refractivity contribution in [3.8, 4) is 17.1 Å². The first-order valence-corrected chi connectivity index (χ1v) is 5.11. The molecule has 0 saturated carbocycles. The van der Waals surface area contributed by atoms with Gasteiger partial charge in [-0.2, -0.15) is 0 Å². The molecule has 0 bridgehead atoms. The van der Waals surface area contributed by atoms with Gasteiger partial charge in [-0.25, -0.2) is 14.4 Å². The number of aromatic nitrogens is 2. The lowest BCUT2D eigenvalue weighted by atomic mass is 10.1. The molecule has 0 aliphatic heterocycles. The van der Waals surface area contributed by atoms with Gasteiger partial charge in [-0.15, -0.1) is 0 Å². The van der Waals surface area contributed by atoms with Crippen LogP contribution in [0.5, 0.6) is 5.88 Å². The minimum absolute atomic E-state index is 0.179. The second kappa shape index (κ2) is 4.55. The zero-order chi connectivity index (χ0) is 12.4. The summed E-state index contributed by atoms with van der Waals surface area (Å²) >= 11 is 5.76. The molecule has 0 atom stereocenters. The number of halogens is 2. The lowest BCUT2D eigenvalue weighted by Crippen LogP contribution is -1.99. The number of benzene rings is 1. The van der Waals surface area contributed by atoms with E-state index in [0.717, 1.165) is 0 Å². The molecule has 2 aromatic rings. The van der Waals surface area contributed by atoms with E-state index in [1.807, 2.05) is 0 Å². The number of hydrogen-bond donors (Lipinski definition) is 1. The summed E-state index contributed by atoms with van der Waals surface area (Å²) in [5, 5.41) is 0.289. The van der Waals surface area contributed by atoms with Gasteiger partial charge in [0.2, 0.25) is 0 Å². The van der Waals surface area contributed by atoms with Gasteiger partial charge in [0.05, 0.1) is 19.0 Å². The predicted molar refractivity (Wildman–Crippen MR) is 63.4 cm³/mol. The maximum atomic E-state index is 13.2. The number of rotatable bonds is 2. The number of nitrogens with zero attached hydrogens (tertiary/aromatic N) is 2. The molecule has 1 aromatic heterocycles. The van der Waals surface area contributed by atoms with E-state index in [-0.39, 0.29) is 16.7 Å². The third-order valence-corrected chi connectivity index (χ3v) is 2.34. The topological polar surface area (TPSA) is 61.0 Å². The predicted octanol–water partition coefficient (Wildman–Crippen LogP) is 2.53. The molecule has 4 nitrogen and oxygen atoms in total. The third kappa shape index (κ3) is 2.45. The van der Waals surface area contributed by atoms with Gasteiger partial charge in [0, 0.05) is 10.6 Å². The molecule has 0 amide bonds. The number of hydrogen-bond acceptors (Lipinski definition) is 4. The number of nitrogens with two attached hydrogens (primary N) is 1. The summed E-state index contributed by atoms with van der Waals surface area (Å²) in [5.41, 5.74) is 6.50. The van der Waals surface area contributed by atoms with Crippen molar-refractivity contribution in [3.63, 3.8) is 0 Å². The summed E-state index contributed by atoms with van der Waals surface area (Å²) < 4.78 is 18.1. The Kier molecular flexibility index (Phi) is 3.10. The Bertz CT molecular complexity index is 542. The molecular formula is C11H9ClFN3O. The molecule has 0 spiro atoms. The van der Waals surface area contributed by atoms with E-state index >= 15 is 0 Å². The summed E-state index contributed by atoms with van der Waals surface area (Å²) in [7, 11) is 1.43. The van der Waals surface area contributed by atoms with E-state index < -0.39 is 5.82 Å². The standard InChI is InChI=1S/C11H9ClFN3O/c1-17-11-10(14)15-5-9(16-11)6-2-7(12)4-8(13)3-6/h2-5H,1H3,(H2,14,15). The van der Waals surface area contributed by atoms with Crippen LogP contribution in [0.15, 0.2) is 24.4 Å². The average Bonchev–Trinajstić information content (AvgIpc) is 2.28. The number of ether oxygens (including phenoxy) is 1. The minimum Gasteiger partial charge on any atom is -0.478 e. The van der Waals surface area contributed by atoms with Crippen molar-refractivity contribution in [2.24, 2.45) is 0 Å². The highest BCUT2D eigenvalue weighted by molar-refractivity contribution is 6.30. The number of methoxy groups -OCH3 is 1. The third-order valence-electron chi connectivity index (χ3n) is 2.12. The summed E-state index contributed by atoms with van der Waals surface area (Å²) in [4.78, 5) is 8.02. The molecule has 6 heteroatoms. The molecule has 0 unspecified atom stereocenters. The van der Waals surface area contributed by atoms with Crippen LogP contribution in [0.1, 0.15) is 0 Å². The Labute approximate surface area is 102 Å². The molecule has 0 saturated heterocycles. The van der Waals surface area contributed by atoms with E-state index in [9.17, 15) is 4.39 Å². The van der Waals surface area contributed by atoms with Crippen LogP contribution in [-0.4, -0.2) is 17.1 Å². The Morgan fingerprint density at radius 3 is 2.76 bits per heavy atom. The van der Waals surface area contributed by atoms with Crippen molar-refractivity contribution in [3.05, 3.63) is 35.2 Å². The number of anilines is 1. The summed E-state index contributed by atoms with van der Waals surface area (Å²) in [6.07, 6.45) is 1.43. The molecule has 0 aliphatic rings. The van der Waals surface area contributed by atoms with Crippen LogP contribution < -0.4 is 10.5 Å². The molecule has 0 aliphatic carbocycles. The first-order chi connectivity index (χ1) is 8.10. The Morgan fingerprint density at radius 1 is 1.35 bits per heavy atom. The van der Waals surface area contributed by atoms with E-state index in [0.29, 0.717) is 11.3 Å². The largest absolute Gasteiger partial charge is 0.478 e. The lowest BCUT2D eigenvalue weighted by molar-refractivity contribution is 0.399. The van der Waals surface area contributed by atoms with Crippen molar-refractivity contribution < 1.29 is 9.13 Å². The molecule has 88 valence electrons. The Balaban J connectivity index is 2.52. The first-order valence-electron chi connectivity index (χ1n) is 4.73. The second-order valence-corrected chi connectivity index (χ2v) is 3.74. The maximum absolute atomic E-state index is 13.2. The highest BCUT2D eigenvalue weighted by atomic mass is 35.5. The van der Waals surface area contributed by atoms with Gasteiger partial charge in [-0.1, -0.05) is 11.6 Å². The van der Waals surface area contributed by atoms with Crippen molar-refractivity contribution in [1.29, 1.82) is 0 Å². The van der Waals surface area contributed by atoms with Crippen molar-refractivity contribution >= 4 is 17.4 Å². The van der Waals surface area contributed by atoms with Crippen LogP contribution in [0.4, 0.5) is 10.2 Å². The Morgan fingerprint density at radius 2 is 2.12 bits per heavy atom. The van der Waals surface area contributed by atoms with Gasteiger partial charge in [-0.3, -0.25) is 0 Å². The van der Waals surface area contributed by atoms with Gasteiger partial charge < -0.3 is 10.5 Å². The molecule has 0 radical (unpaired) electrons. The molecule has 1 heterocycles. The smallest absolute Gasteiger partial charge is 0.257 e. The molecule has 17 heavy (non-hydrogen) atoms. The maximum Gasteiger partial charge on any atom is 0.257 e. The second-order valence-electron chi connectivity index (χ2n) is 3.31. The molecular weight excluding hydrogens is 245 g/mol.